The summed E-state index contributed by atoms with van der Waals surface area (Å²) in [4.78, 5) is 8.15. The molecule has 0 bridgehead atoms. The average molecular weight is 224 g/mol. The summed E-state index contributed by atoms with van der Waals surface area (Å²) in [6.45, 7) is 0. The molecule has 2 aromatic rings. The number of halogens is 1. The largest absolute Gasteiger partial charge is 0.265 e. The lowest BCUT2D eigenvalue weighted by atomic mass is 10.0. The Bertz CT molecular complexity index is 615. The topological polar surface area (TPSA) is 25.2 Å². The van der Waals surface area contributed by atoms with Gasteiger partial charge in [-0.05, 0) is 35.9 Å². The van der Waals surface area contributed by atoms with Crippen LogP contribution >= 0.6 is 0 Å². The van der Waals surface area contributed by atoms with Gasteiger partial charge >= 0.3 is 0 Å². The first-order valence-corrected chi connectivity index (χ1v) is 5.29. The average Bonchev–Trinajstić information content (AvgIpc) is 2.73. The number of rotatable bonds is 1. The van der Waals surface area contributed by atoms with Gasteiger partial charge in [0.05, 0.1) is 5.69 Å². The number of allylic oxidation sites excluding steroid dienone is 1. The Morgan fingerprint density at radius 1 is 1.06 bits per heavy atom. The fraction of sp³-hybridized carbons (Fsp3) is 0. The highest BCUT2D eigenvalue weighted by Crippen LogP contribution is 2.32. The summed E-state index contributed by atoms with van der Waals surface area (Å²) in [6.07, 6.45) is 7.24. The van der Waals surface area contributed by atoms with E-state index in [1.807, 2.05) is 18.2 Å². The van der Waals surface area contributed by atoms with Crippen molar-refractivity contribution in [2.45, 2.75) is 0 Å². The maximum absolute atomic E-state index is 13.0. The van der Waals surface area contributed by atoms with Crippen molar-refractivity contribution in [1.82, 2.24) is 4.98 Å². The molecule has 0 N–H and O–H groups in total. The van der Waals surface area contributed by atoms with Crippen LogP contribution in [0.2, 0.25) is 0 Å². The summed E-state index contributed by atoms with van der Waals surface area (Å²) in [7, 11) is 0. The van der Waals surface area contributed by atoms with Crippen molar-refractivity contribution in [3.8, 4) is 0 Å². The van der Waals surface area contributed by atoms with Gasteiger partial charge in [-0.25, -0.2) is 4.39 Å². The highest BCUT2D eigenvalue weighted by Gasteiger charge is 2.12. The van der Waals surface area contributed by atoms with Crippen molar-refractivity contribution in [3.05, 3.63) is 59.7 Å². The van der Waals surface area contributed by atoms with Crippen molar-refractivity contribution in [1.29, 1.82) is 0 Å². The normalized spacial score (nSPS) is 15.2. The van der Waals surface area contributed by atoms with E-state index in [9.17, 15) is 4.39 Å². The van der Waals surface area contributed by atoms with Crippen LogP contribution in [0.5, 0.6) is 0 Å². The molecule has 82 valence electrons. The molecule has 1 aromatic heterocycles. The van der Waals surface area contributed by atoms with Crippen LogP contribution in [0.4, 0.5) is 10.1 Å². The highest BCUT2D eigenvalue weighted by atomic mass is 19.1. The van der Waals surface area contributed by atoms with Crippen molar-refractivity contribution in [2.75, 3.05) is 0 Å². The summed E-state index contributed by atoms with van der Waals surface area (Å²) < 4.78 is 13.0. The molecule has 3 rings (SSSR count). The second kappa shape index (κ2) is 3.94. The Kier molecular flexibility index (Phi) is 2.29. The molecule has 0 atom stereocenters. The zero-order chi connectivity index (χ0) is 11.7. The number of aromatic nitrogens is 1. The minimum absolute atomic E-state index is 0.258. The standard InChI is InChI=1S/C14H9FN2/c15-12-1-2-13-11(9-17-14(13)8-12)7-10-3-5-16-6-4-10/h1-9H. The molecule has 0 saturated carbocycles. The van der Waals surface area contributed by atoms with Crippen LogP contribution in [0.1, 0.15) is 11.1 Å². The lowest BCUT2D eigenvalue weighted by Crippen LogP contribution is -1.82. The zero-order valence-corrected chi connectivity index (χ0v) is 8.97. The fourth-order valence-electron chi connectivity index (χ4n) is 1.82. The molecule has 3 heteroatoms. The number of fused-ring (bicyclic) bond motifs is 1. The fourth-order valence-corrected chi connectivity index (χ4v) is 1.82. The van der Waals surface area contributed by atoms with E-state index in [1.165, 1.54) is 12.1 Å². The van der Waals surface area contributed by atoms with Crippen LogP contribution in [0.25, 0.3) is 11.6 Å². The van der Waals surface area contributed by atoms with Crippen LogP contribution in [0.3, 0.4) is 0 Å². The van der Waals surface area contributed by atoms with E-state index in [-0.39, 0.29) is 5.82 Å². The Labute approximate surface area is 98.2 Å². The zero-order valence-electron chi connectivity index (χ0n) is 8.97. The molecule has 2 heterocycles. The smallest absolute Gasteiger partial charge is 0.125 e. The van der Waals surface area contributed by atoms with E-state index in [2.05, 4.69) is 9.98 Å². The minimum Gasteiger partial charge on any atom is -0.265 e. The highest BCUT2D eigenvalue weighted by molar-refractivity contribution is 6.21. The van der Waals surface area contributed by atoms with E-state index < -0.39 is 0 Å². The van der Waals surface area contributed by atoms with Gasteiger partial charge in [0, 0.05) is 35.8 Å². The molecule has 1 aliphatic heterocycles. The summed E-state index contributed by atoms with van der Waals surface area (Å²) in [6, 6.07) is 8.49. The lowest BCUT2D eigenvalue weighted by molar-refractivity contribution is 0.628. The third-order valence-corrected chi connectivity index (χ3v) is 2.64. The van der Waals surface area contributed by atoms with E-state index in [1.54, 1.807) is 24.7 Å². The quantitative estimate of drug-likeness (QED) is 0.728. The number of hydrogen-bond donors (Lipinski definition) is 0. The van der Waals surface area contributed by atoms with E-state index >= 15 is 0 Å². The monoisotopic (exact) mass is 224 g/mol. The first-order chi connectivity index (χ1) is 8.33. The first kappa shape index (κ1) is 9.90. The van der Waals surface area contributed by atoms with Gasteiger partial charge < -0.3 is 0 Å². The van der Waals surface area contributed by atoms with E-state index in [0.29, 0.717) is 5.69 Å². The van der Waals surface area contributed by atoms with Crippen molar-refractivity contribution >= 4 is 23.6 Å². The Hall–Kier alpha value is -2.29. The van der Waals surface area contributed by atoms with E-state index in [0.717, 1.165) is 16.7 Å². The molecule has 1 aliphatic rings. The summed E-state index contributed by atoms with van der Waals surface area (Å²) in [5, 5.41) is 0. The second-order valence-electron chi connectivity index (χ2n) is 3.80. The Morgan fingerprint density at radius 2 is 1.88 bits per heavy atom. The predicted octanol–water partition coefficient (Wildman–Crippen LogP) is 3.48. The van der Waals surface area contributed by atoms with Crippen LogP contribution in [0, 0.1) is 5.82 Å². The number of benzene rings is 1. The summed E-state index contributed by atoms with van der Waals surface area (Å²) >= 11 is 0. The van der Waals surface area contributed by atoms with Gasteiger partial charge in [-0.2, -0.15) is 0 Å². The molecule has 0 spiro atoms. The molecule has 0 unspecified atom stereocenters. The van der Waals surface area contributed by atoms with Crippen LogP contribution in [0.15, 0.2) is 47.7 Å². The van der Waals surface area contributed by atoms with Crippen LogP contribution < -0.4 is 0 Å². The lowest BCUT2D eigenvalue weighted by Gasteiger charge is -1.99. The van der Waals surface area contributed by atoms with Gasteiger partial charge in [-0.1, -0.05) is 0 Å². The number of aliphatic imine (C=N–C) groups is 1. The molecule has 0 saturated heterocycles. The van der Waals surface area contributed by atoms with Gasteiger partial charge in [0.1, 0.15) is 5.82 Å². The van der Waals surface area contributed by atoms with Crippen molar-refractivity contribution < 1.29 is 4.39 Å². The molecular formula is C14H9FN2. The Balaban J connectivity index is 2.05. The third-order valence-electron chi connectivity index (χ3n) is 2.64. The third kappa shape index (κ3) is 1.87. The second-order valence-corrected chi connectivity index (χ2v) is 3.80. The maximum atomic E-state index is 13.0. The van der Waals surface area contributed by atoms with Gasteiger partial charge in [0.15, 0.2) is 0 Å². The van der Waals surface area contributed by atoms with Gasteiger partial charge in [-0.3, -0.25) is 9.98 Å². The molecule has 0 aliphatic carbocycles. The van der Waals surface area contributed by atoms with Crippen LogP contribution in [-0.2, 0) is 0 Å². The molecule has 2 nitrogen and oxygen atoms in total. The van der Waals surface area contributed by atoms with Gasteiger partial charge in [-0.15, -0.1) is 0 Å². The molecule has 0 amide bonds. The minimum atomic E-state index is -0.258. The molecule has 17 heavy (non-hydrogen) atoms. The predicted molar refractivity (Wildman–Crippen MR) is 66.7 cm³/mol. The number of pyridine rings is 1. The van der Waals surface area contributed by atoms with Crippen molar-refractivity contribution in [3.63, 3.8) is 0 Å². The van der Waals surface area contributed by atoms with Crippen molar-refractivity contribution in [2.24, 2.45) is 4.99 Å². The SMILES string of the molecule is Fc1ccc2c(c1)N=CC2=Cc1ccncc1. The molecular weight excluding hydrogens is 215 g/mol. The molecule has 0 radical (unpaired) electrons. The van der Waals surface area contributed by atoms with Gasteiger partial charge in [0.25, 0.3) is 0 Å². The van der Waals surface area contributed by atoms with Gasteiger partial charge in [0.2, 0.25) is 0 Å². The number of hydrogen-bond acceptors (Lipinski definition) is 2. The summed E-state index contributed by atoms with van der Waals surface area (Å²) in [5.74, 6) is -0.258. The van der Waals surface area contributed by atoms with Crippen LogP contribution in [-0.4, -0.2) is 11.2 Å². The van der Waals surface area contributed by atoms with E-state index in [4.69, 9.17) is 0 Å². The number of nitrogens with zero attached hydrogens (tertiary/aromatic N) is 2. The maximum Gasteiger partial charge on any atom is 0.125 e. The molecule has 0 fully saturated rings. The molecule has 1 aromatic carbocycles. The summed E-state index contributed by atoms with van der Waals surface area (Å²) in [5.41, 5.74) is 3.69. The Morgan fingerprint density at radius 3 is 2.71 bits per heavy atom. The first-order valence-electron chi connectivity index (χ1n) is 5.29.